The number of halogens is 2. The van der Waals surface area contributed by atoms with Crippen LogP contribution in [0.15, 0.2) is 18.2 Å². The molecule has 2 unspecified atom stereocenters. The molecular formula is C20H33Cl2N3O. The Bertz CT molecular complexity index is 595. The molecule has 0 heterocycles. The first kappa shape index (κ1) is 23.2. The van der Waals surface area contributed by atoms with Crippen LogP contribution in [0.1, 0.15) is 43.2 Å². The van der Waals surface area contributed by atoms with E-state index >= 15 is 0 Å². The molecule has 2 fully saturated rings. The number of amides is 1. The van der Waals surface area contributed by atoms with E-state index in [0.717, 1.165) is 30.6 Å². The average Bonchev–Trinajstić information content (AvgIpc) is 2.49. The Morgan fingerprint density at radius 3 is 2.38 bits per heavy atom. The molecule has 0 radical (unpaired) electrons. The summed E-state index contributed by atoms with van der Waals surface area (Å²) in [6, 6.07) is 6.66. The Morgan fingerprint density at radius 2 is 1.81 bits per heavy atom. The molecule has 2 saturated carbocycles. The van der Waals surface area contributed by atoms with E-state index in [2.05, 4.69) is 49.4 Å². The summed E-state index contributed by atoms with van der Waals surface area (Å²) in [5.41, 5.74) is 9.66. The van der Waals surface area contributed by atoms with Gasteiger partial charge in [0.15, 0.2) is 0 Å². The molecule has 3 N–H and O–H groups in total. The summed E-state index contributed by atoms with van der Waals surface area (Å²) >= 11 is 0. The zero-order valence-electron chi connectivity index (χ0n) is 16.0. The Kier molecular flexibility index (Phi) is 8.87. The zero-order chi connectivity index (χ0) is 17.3. The molecule has 0 saturated heterocycles. The minimum absolute atomic E-state index is 0. The Hall–Kier alpha value is -0.810. The molecule has 1 amide bonds. The predicted molar refractivity (Wildman–Crippen MR) is 113 cm³/mol. The van der Waals surface area contributed by atoms with Crippen LogP contribution in [0, 0.1) is 24.7 Å². The van der Waals surface area contributed by atoms with Gasteiger partial charge in [0.2, 0.25) is 5.91 Å². The van der Waals surface area contributed by atoms with E-state index in [0.29, 0.717) is 17.9 Å². The second-order valence-electron chi connectivity index (χ2n) is 8.07. The third-order valence-corrected chi connectivity index (χ3v) is 5.84. The minimum atomic E-state index is 0. The topological polar surface area (TPSA) is 58.4 Å². The fourth-order valence-corrected chi connectivity index (χ4v) is 4.51. The van der Waals surface area contributed by atoms with Gasteiger partial charge in [-0.2, -0.15) is 0 Å². The van der Waals surface area contributed by atoms with Gasteiger partial charge in [0.1, 0.15) is 0 Å². The van der Waals surface area contributed by atoms with Crippen molar-refractivity contribution in [3.8, 4) is 0 Å². The highest BCUT2D eigenvalue weighted by molar-refractivity contribution is 5.93. The van der Waals surface area contributed by atoms with Crippen LogP contribution in [0.4, 0.5) is 5.69 Å². The van der Waals surface area contributed by atoms with Crippen molar-refractivity contribution in [1.82, 2.24) is 4.90 Å². The Labute approximate surface area is 170 Å². The molecule has 148 valence electrons. The molecule has 0 spiro atoms. The van der Waals surface area contributed by atoms with Crippen molar-refractivity contribution >= 4 is 36.4 Å². The number of nitrogens with one attached hydrogen (secondary N) is 1. The molecule has 2 atom stereocenters. The van der Waals surface area contributed by atoms with E-state index in [4.69, 9.17) is 5.73 Å². The smallest absolute Gasteiger partial charge is 0.227 e. The first-order valence-corrected chi connectivity index (χ1v) is 9.24. The van der Waals surface area contributed by atoms with Crippen LogP contribution in [0.5, 0.6) is 0 Å². The molecule has 6 heteroatoms. The quantitative estimate of drug-likeness (QED) is 0.801. The Morgan fingerprint density at radius 1 is 1.19 bits per heavy atom. The standard InChI is InChI=1S/C20H31N3O.2ClH/c1-13-7-8-14(12-23(2)3)9-18(13)22-20(24)17-10-15-5-4-6-16(11-17)19(15)21;;/h7-9,15-17,19H,4-6,10-12,21H2,1-3H3,(H,22,24);2*1H. The van der Waals surface area contributed by atoms with Gasteiger partial charge < -0.3 is 16.0 Å². The first-order chi connectivity index (χ1) is 11.4. The molecule has 0 aromatic heterocycles. The first-order valence-electron chi connectivity index (χ1n) is 9.24. The highest BCUT2D eigenvalue weighted by Gasteiger charge is 2.40. The van der Waals surface area contributed by atoms with E-state index in [1.807, 2.05) is 0 Å². The van der Waals surface area contributed by atoms with Gasteiger partial charge in [-0.05, 0) is 75.7 Å². The van der Waals surface area contributed by atoms with Crippen LogP contribution in [0.2, 0.25) is 0 Å². The van der Waals surface area contributed by atoms with E-state index in [1.54, 1.807) is 0 Å². The number of hydrogen-bond donors (Lipinski definition) is 2. The van der Waals surface area contributed by atoms with Gasteiger partial charge in [-0.3, -0.25) is 4.79 Å². The molecule has 0 aliphatic heterocycles. The van der Waals surface area contributed by atoms with Crippen LogP contribution in [-0.2, 0) is 11.3 Å². The number of fused-ring (bicyclic) bond motifs is 2. The second-order valence-corrected chi connectivity index (χ2v) is 8.07. The van der Waals surface area contributed by atoms with Crippen LogP contribution in [0.3, 0.4) is 0 Å². The summed E-state index contributed by atoms with van der Waals surface area (Å²) in [6.07, 6.45) is 5.58. The number of hydrogen-bond acceptors (Lipinski definition) is 3. The van der Waals surface area contributed by atoms with Crippen LogP contribution in [0.25, 0.3) is 0 Å². The summed E-state index contributed by atoms with van der Waals surface area (Å²) in [6.45, 7) is 2.94. The van der Waals surface area contributed by atoms with Gasteiger partial charge >= 0.3 is 0 Å². The number of aryl methyl sites for hydroxylation is 1. The maximum atomic E-state index is 12.8. The largest absolute Gasteiger partial charge is 0.327 e. The molecule has 2 aliphatic rings. The molecule has 3 rings (SSSR count). The van der Waals surface area contributed by atoms with E-state index < -0.39 is 0 Å². The third kappa shape index (κ3) is 5.35. The van der Waals surface area contributed by atoms with E-state index in [-0.39, 0.29) is 36.6 Å². The van der Waals surface area contributed by atoms with Crippen molar-refractivity contribution < 1.29 is 4.79 Å². The monoisotopic (exact) mass is 401 g/mol. The molecule has 4 nitrogen and oxygen atoms in total. The summed E-state index contributed by atoms with van der Waals surface area (Å²) in [5, 5.41) is 3.20. The second kappa shape index (κ2) is 9.93. The lowest BCUT2D eigenvalue weighted by molar-refractivity contribution is -0.122. The number of nitrogens with two attached hydrogens (primary N) is 1. The van der Waals surface area contributed by atoms with Crippen molar-refractivity contribution in [1.29, 1.82) is 0 Å². The van der Waals surface area contributed by atoms with Crippen LogP contribution < -0.4 is 11.1 Å². The molecule has 26 heavy (non-hydrogen) atoms. The lowest BCUT2D eigenvalue weighted by Gasteiger charge is -2.43. The zero-order valence-corrected chi connectivity index (χ0v) is 17.7. The van der Waals surface area contributed by atoms with Crippen LogP contribution >= 0.6 is 24.8 Å². The number of anilines is 1. The summed E-state index contributed by atoms with van der Waals surface area (Å²) < 4.78 is 0. The SMILES string of the molecule is Cc1ccc(CN(C)C)cc1NC(=O)C1CC2CCCC(C1)C2N.Cl.Cl. The maximum absolute atomic E-state index is 12.8. The van der Waals surface area contributed by atoms with Gasteiger partial charge in [0.05, 0.1) is 0 Å². The van der Waals surface area contributed by atoms with E-state index in [9.17, 15) is 4.79 Å². The molecule has 2 bridgehead atoms. The van der Waals surface area contributed by atoms with Gasteiger partial charge in [-0.25, -0.2) is 0 Å². The predicted octanol–water partition coefficient (Wildman–Crippen LogP) is 3.99. The molecular weight excluding hydrogens is 369 g/mol. The fourth-order valence-electron chi connectivity index (χ4n) is 4.51. The normalized spacial score (nSPS) is 27.3. The van der Waals surface area contributed by atoms with Gasteiger partial charge in [-0.1, -0.05) is 18.6 Å². The Balaban J connectivity index is 0.00000169. The summed E-state index contributed by atoms with van der Waals surface area (Å²) in [7, 11) is 4.12. The lowest BCUT2D eigenvalue weighted by atomic mass is 9.65. The molecule has 2 aliphatic carbocycles. The highest BCUT2D eigenvalue weighted by atomic mass is 35.5. The third-order valence-electron chi connectivity index (χ3n) is 5.84. The number of nitrogens with zero attached hydrogens (tertiary/aromatic N) is 1. The van der Waals surface area contributed by atoms with Gasteiger partial charge in [0.25, 0.3) is 0 Å². The number of carbonyl (C=O) groups is 1. The van der Waals surface area contributed by atoms with Gasteiger partial charge in [0, 0.05) is 24.2 Å². The van der Waals surface area contributed by atoms with Crippen molar-refractivity contribution in [2.24, 2.45) is 23.5 Å². The number of rotatable bonds is 4. The van der Waals surface area contributed by atoms with Crippen molar-refractivity contribution in [2.75, 3.05) is 19.4 Å². The van der Waals surface area contributed by atoms with Gasteiger partial charge in [-0.15, -0.1) is 24.8 Å². The number of carbonyl (C=O) groups excluding carboxylic acids is 1. The lowest BCUT2D eigenvalue weighted by Crippen LogP contribution is -2.48. The average molecular weight is 402 g/mol. The van der Waals surface area contributed by atoms with E-state index in [1.165, 1.54) is 24.8 Å². The van der Waals surface area contributed by atoms with Crippen molar-refractivity contribution in [3.63, 3.8) is 0 Å². The van der Waals surface area contributed by atoms with Crippen molar-refractivity contribution in [3.05, 3.63) is 29.3 Å². The van der Waals surface area contributed by atoms with Crippen LogP contribution in [-0.4, -0.2) is 30.9 Å². The maximum Gasteiger partial charge on any atom is 0.227 e. The summed E-state index contributed by atoms with van der Waals surface area (Å²) in [4.78, 5) is 15.0. The summed E-state index contributed by atoms with van der Waals surface area (Å²) in [5.74, 6) is 1.38. The molecule has 1 aromatic carbocycles. The van der Waals surface area contributed by atoms with Crippen molar-refractivity contribution in [2.45, 2.75) is 51.6 Å². The molecule has 1 aromatic rings. The minimum Gasteiger partial charge on any atom is -0.327 e. The fraction of sp³-hybridized carbons (Fsp3) is 0.650. The highest BCUT2D eigenvalue weighted by Crippen LogP contribution is 2.42. The number of benzene rings is 1.